The van der Waals surface area contributed by atoms with Gasteiger partial charge in [0.1, 0.15) is 18.5 Å². The van der Waals surface area contributed by atoms with E-state index in [1.807, 2.05) is 36.4 Å². The minimum atomic E-state index is 0.421. The van der Waals surface area contributed by atoms with Gasteiger partial charge in [0.2, 0.25) is 5.95 Å². The van der Waals surface area contributed by atoms with Crippen molar-refractivity contribution in [3.05, 3.63) is 49.1 Å². The van der Waals surface area contributed by atoms with Crippen molar-refractivity contribution in [3.8, 4) is 5.82 Å². The smallest absolute Gasteiger partial charge is 0.247 e. The Morgan fingerprint density at radius 3 is 2.50 bits per heavy atom. The molecule has 134 valence electrons. The van der Waals surface area contributed by atoms with E-state index in [1.54, 1.807) is 17.3 Å². The van der Waals surface area contributed by atoms with Crippen LogP contribution in [0.2, 0.25) is 0 Å². The number of piperazine rings is 1. The van der Waals surface area contributed by atoms with E-state index in [9.17, 15) is 0 Å². The SMILES string of the molecule is C[C@@H]1CN(c2cc(-n3cnc(Nc4ccccc4)n3)ncn2)C[C@H](C)N1. The Morgan fingerprint density at radius 1 is 1.00 bits per heavy atom. The van der Waals surface area contributed by atoms with Crippen molar-refractivity contribution >= 4 is 17.5 Å². The fraction of sp³-hybridized carbons (Fsp3) is 0.333. The average molecular weight is 350 g/mol. The molecule has 3 heterocycles. The summed E-state index contributed by atoms with van der Waals surface area (Å²) in [5.74, 6) is 2.13. The second-order valence-electron chi connectivity index (χ2n) is 6.61. The number of hydrogen-bond acceptors (Lipinski definition) is 7. The van der Waals surface area contributed by atoms with Crippen LogP contribution < -0.4 is 15.5 Å². The van der Waals surface area contributed by atoms with E-state index in [2.05, 4.69) is 49.4 Å². The third-order valence-corrected chi connectivity index (χ3v) is 4.28. The molecule has 1 aliphatic heterocycles. The fourth-order valence-electron chi connectivity index (χ4n) is 3.23. The molecule has 1 saturated heterocycles. The highest BCUT2D eigenvalue weighted by atomic mass is 15.4. The first-order valence-corrected chi connectivity index (χ1v) is 8.74. The van der Waals surface area contributed by atoms with Crippen LogP contribution in [0.15, 0.2) is 49.1 Å². The molecular formula is C18H22N8. The van der Waals surface area contributed by atoms with Crippen LogP contribution in [-0.2, 0) is 0 Å². The Bertz CT molecular complexity index is 852. The zero-order chi connectivity index (χ0) is 17.9. The summed E-state index contributed by atoms with van der Waals surface area (Å²) < 4.78 is 1.66. The molecule has 8 heteroatoms. The van der Waals surface area contributed by atoms with Gasteiger partial charge in [-0.05, 0) is 26.0 Å². The summed E-state index contributed by atoms with van der Waals surface area (Å²) in [5, 5.41) is 11.2. The zero-order valence-electron chi connectivity index (χ0n) is 14.9. The monoisotopic (exact) mass is 350 g/mol. The van der Waals surface area contributed by atoms with Gasteiger partial charge in [-0.1, -0.05) is 18.2 Å². The molecule has 0 amide bonds. The van der Waals surface area contributed by atoms with E-state index in [0.29, 0.717) is 23.8 Å². The number of para-hydroxylation sites is 1. The van der Waals surface area contributed by atoms with Gasteiger partial charge in [0.25, 0.3) is 0 Å². The minimum Gasteiger partial charge on any atom is -0.353 e. The number of nitrogens with one attached hydrogen (secondary N) is 2. The highest BCUT2D eigenvalue weighted by Gasteiger charge is 2.22. The lowest BCUT2D eigenvalue weighted by Gasteiger charge is -2.36. The molecule has 2 N–H and O–H groups in total. The largest absolute Gasteiger partial charge is 0.353 e. The van der Waals surface area contributed by atoms with Crippen molar-refractivity contribution in [2.45, 2.75) is 25.9 Å². The summed E-state index contributed by atoms with van der Waals surface area (Å²) in [7, 11) is 0. The molecule has 3 aromatic rings. The molecule has 1 aromatic carbocycles. The Morgan fingerprint density at radius 2 is 1.73 bits per heavy atom. The number of hydrogen-bond donors (Lipinski definition) is 2. The van der Waals surface area contributed by atoms with Crippen molar-refractivity contribution in [2.75, 3.05) is 23.3 Å². The second kappa shape index (κ2) is 7.09. The molecule has 4 rings (SSSR count). The Labute approximate surface area is 152 Å². The highest BCUT2D eigenvalue weighted by Crippen LogP contribution is 2.18. The Kier molecular flexibility index (Phi) is 4.49. The quantitative estimate of drug-likeness (QED) is 0.744. The molecule has 0 bridgehead atoms. The summed E-state index contributed by atoms with van der Waals surface area (Å²) in [6.07, 6.45) is 3.23. The van der Waals surface area contributed by atoms with Gasteiger partial charge in [0, 0.05) is 36.9 Å². The van der Waals surface area contributed by atoms with Gasteiger partial charge in [0.05, 0.1) is 0 Å². The summed E-state index contributed by atoms with van der Waals surface area (Å²) in [6.45, 7) is 6.20. The van der Waals surface area contributed by atoms with Crippen LogP contribution >= 0.6 is 0 Å². The average Bonchev–Trinajstić information content (AvgIpc) is 3.10. The Balaban J connectivity index is 1.53. The van der Waals surface area contributed by atoms with Crippen LogP contribution in [0.4, 0.5) is 17.5 Å². The van der Waals surface area contributed by atoms with Crippen molar-refractivity contribution < 1.29 is 0 Å². The first-order chi connectivity index (χ1) is 12.7. The number of anilines is 3. The second-order valence-corrected chi connectivity index (χ2v) is 6.61. The van der Waals surface area contributed by atoms with E-state index < -0.39 is 0 Å². The molecule has 0 spiro atoms. The van der Waals surface area contributed by atoms with Gasteiger partial charge >= 0.3 is 0 Å². The van der Waals surface area contributed by atoms with Crippen LogP contribution in [0.3, 0.4) is 0 Å². The molecule has 0 radical (unpaired) electrons. The van der Waals surface area contributed by atoms with Gasteiger partial charge in [-0.25, -0.2) is 14.6 Å². The van der Waals surface area contributed by atoms with Crippen LogP contribution in [-0.4, -0.2) is 49.9 Å². The van der Waals surface area contributed by atoms with E-state index in [-0.39, 0.29) is 0 Å². The molecule has 0 unspecified atom stereocenters. The maximum atomic E-state index is 4.47. The minimum absolute atomic E-state index is 0.421. The number of aromatic nitrogens is 5. The molecule has 0 saturated carbocycles. The van der Waals surface area contributed by atoms with E-state index in [4.69, 9.17) is 0 Å². The summed E-state index contributed by atoms with van der Waals surface area (Å²) in [4.78, 5) is 15.4. The normalized spacial score (nSPS) is 20.2. The van der Waals surface area contributed by atoms with Gasteiger partial charge in [-0.15, -0.1) is 5.10 Å². The van der Waals surface area contributed by atoms with Crippen molar-refractivity contribution in [1.29, 1.82) is 0 Å². The number of nitrogens with zero attached hydrogens (tertiary/aromatic N) is 6. The van der Waals surface area contributed by atoms with Crippen LogP contribution in [0, 0.1) is 0 Å². The van der Waals surface area contributed by atoms with Crippen LogP contribution in [0.1, 0.15) is 13.8 Å². The van der Waals surface area contributed by atoms with Crippen molar-refractivity contribution in [2.24, 2.45) is 0 Å². The van der Waals surface area contributed by atoms with Crippen LogP contribution in [0.5, 0.6) is 0 Å². The number of benzene rings is 1. The first kappa shape index (κ1) is 16.5. The van der Waals surface area contributed by atoms with Gasteiger partial charge in [0.15, 0.2) is 5.82 Å². The maximum Gasteiger partial charge on any atom is 0.247 e. The molecule has 8 nitrogen and oxygen atoms in total. The third-order valence-electron chi connectivity index (χ3n) is 4.28. The third kappa shape index (κ3) is 3.65. The van der Waals surface area contributed by atoms with E-state index >= 15 is 0 Å². The van der Waals surface area contributed by atoms with Crippen LogP contribution in [0.25, 0.3) is 5.82 Å². The molecule has 1 fully saturated rings. The zero-order valence-corrected chi connectivity index (χ0v) is 14.9. The lowest BCUT2D eigenvalue weighted by Crippen LogP contribution is -2.54. The summed E-state index contributed by atoms with van der Waals surface area (Å²) in [6, 6.07) is 12.6. The van der Waals surface area contributed by atoms with Crippen molar-refractivity contribution in [3.63, 3.8) is 0 Å². The van der Waals surface area contributed by atoms with Gasteiger partial charge in [-0.3, -0.25) is 0 Å². The van der Waals surface area contributed by atoms with E-state index in [1.165, 1.54) is 0 Å². The summed E-state index contributed by atoms with van der Waals surface area (Å²) >= 11 is 0. The lowest BCUT2D eigenvalue weighted by atomic mass is 10.1. The number of rotatable bonds is 4. The maximum absolute atomic E-state index is 4.47. The van der Waals surface area contributed by atoms with E-state index in [0.717, 1.165) is 24.6 Å². The lowest BCUT2D eigenvalue weighted by molar-refractivity contribution is 0.405. The molecule has 2 aromatic heterocycles. The highest BCUT2D eigenvalue weighted by molar-refractivity contribution is 5.52. The fourth-order valence-corrected chi connectivity index (χ4v) is 3.23. The standard InChI is InChI=1S/C18H22N8/c1-13-9-25(10-14(2)22-13)16-8-17(20-11-19-16)26-12-21-18(24-26)23-15-6-4-3-5-7-15/h3-8,11-14,22H,9-10H2,1-2H3,(H,23,24)/t13-,14+. The van der Waals surface area contributed by atoms with Gasteiger partial charge in [-0.2, -0.15) is 4.98 Å². The molecule has 2 atom stereocenters. The molecule has 26 heavy (non-hydrogen) atoms. The predicted octanol–water partition coefficient (Wildman–Crippen LogP) is 1.99. The van der Waals surface area contributed by atoms with Gasteiger partial charge < -0.3 is 15.5 Å². The summed E-state index contributed by atoms with van der Waals surface area (Å²) in [5.41, 5.74) is 0.942. The molecule has 0 aliphatic carbocycles. The molecular weight excluding hydrogens is 328 g/mol. The Hall–Kier alpha value is -3.00. The van der Waals surface area contributed by atoms with Crippen molar-refractivity contribution in [1.82, 2.24) is 30.0 Å². The topological polar surface area (TPSA) is 83.8 Å². The molecule has 1 aliphatic rings. The predicted molar refractivity (Wildman–Crippen MR) is 101 cm³/mol. The first-order valence-electron chi connectivity index (χ1n) is 8.74.